The van der Waals surface area contributed by atoms with Gasteiger partial charge in [0.2, 0.25) is 0 Å². The van der Waals surface area contributed by atoms with Crippen molar-refractivity contribution in [3.8, 4) is 16.9 Å². The van der Waals surface area contributed by atoms with Gasteiger partial charge in [0, 0.05) is 24.4 Å². The van der Waals surface area contributed by atoms with Gasteiger partial charge in [0.15, 0.2) is 5.69 Å². The fourth-order valence-electron chi connectivity index (χ4n) is 2.90. The van der Waals surface area contributed by atoms with E-state index in [2.05, 4.69) is 9.94 Å². The number of benzene rings is 2. The predicted molar refractivity (Wildman–Crippen MR) is 111 cm³/mol. The fourth-order valence-corrected chi connectivity index (χ4v) is 2.90. The Morgan fingerprint density at radius 2 is 1.90 bits per heavy atom. The van der Waals surface area contributed by atoms with Crippen molar-refractivity contribution in [1.82, 2.24) is 9.78 Å². The maximum Gasteiger partial charge on any atom is 0.341 e. The molecule has 0 spiro atoms. The molecule has 0 saturated heterocycles. The fraction of sp³-hybridized carbons (Fsp3) is 0.261. The van der Waals surface area contributed by atoms with Crippen LogP contribution in [-0.2, 0) is 18.4 Å². The normalized spacial score (nSPS) is 11.0. The van der Waals surface area contributed by atoms with Gasteiger partial charge in [0.1, 0.15) is 18.0 Å². The maximum absolute atomic E-state index is 13.1. The van der Waals surface area contributed by atoms with Crippen LogP contribution in [0.2, 0.25) is 0 Å². The van der Waals surface area contributed by atoms with Gasteiger partial charge in [-0.3, -0.25) is 4.68 Å². The number of rotatable bonds is 5. The van der Waals surface area contributed by atoms with Gasteiger partial charge < -0.3 is 9.47 Å². The number of aryl methyl sites for hydroxylation is 1. The molecule has 0 unspecified atom stereocenters. The molecule has 3 aromatic rings. The number of ether oxygens (including phenoxy) is 2. The highest BCUT2D eigenvalue weighted by atomic mass is 16.6. The Balaban J connectivity index is 2.12. The first-order valence-electron chi connectivity index (χ1n) is 9.22. The molecule has 0 atom stereocenters. The Morgan fingerprint density at radius 3 is 2.48 bits per heavy atom. The first-order valence-corrected chi connectivity index (χ1v) is 9.22. The molecule has 0 aliphatic heterocycles. The quantitative estimate of drug-likeness (QED) is 0.446. The van der Waals surface area contributed by atoms with Crippen LogP contribution in [0.3, 0.4) is 0 Å². The molecule has 0 N–H and O–H groups in total. The summed E-state index contributed by atoms with van der Waals surface area (Å²) in [6, 6.07) is 13.0. The molecule has 3 rings (SSSR count). The van der Waals surface area contributed by atoms with Gasteiger partial charge in [-0.2, -0.15) is 5.10 Å². The van der Waals surface area contributed by atoms with Gasteiger partial charge in [-0.05, 0) is 32.4 Å². The van der Waals surface area contributed by atoms with E-state index in [9.17, 15) is 4.79 Å². The molecule has 2 aromatic carbocycles. The topological polar surface area (TPSA) is 57.7 Å². The monoisotopic (exact) mass is 389 g/mol. The van der Waals surface area contributed by atoms with E-state index < -0.39 is 11.6 Å². The minimum absolute atomic E-state index is 0.234. The highest BCUT2D eigenvalue weighted by Gasteiger charge is 2.27. The summed E-state index contributed by atoms with van der Waals surface area (Å²) in [4.78, 5) is 16.7. The zero-order valence-corrected chi connectivity index (χ0v) is 17.0. The number of carbonyl (C=O) groups is 1. The maximum atomic E-state index is 13.1. The minimum atomic E-state index is -0.686. The number of aromatic nitrogens is 2. The smallest absolute Gasteiger partial charge is 0.341 e. The summed E-state index contributed by atoms with van der Waals surface area (Å²) in [5.74, 6) is -0.167. The van der Waals surface area contributed by atoms with Crippen molar-refractivity contribution in [1.29, 1.82) is 0 Å². The Bertz CT molecular complexity index is 1060. The van der Waals surface area contributed by atoms with Gasteiger partial charge in [0.25, 0.3) is 0 Å². The predicted octanol–water partition coefficient (Wildman–Crippen LogP) is 5.17. The van der Waals surface area contributed by atoms with E-state index in [4.69, 9.17) is 16.0 Å². The van der Waals surface area contributed by atoms with E-state index in [0.717, 1.165) is 5.56 Å². The van der Waals surface area contributed by atoms with Crippen molar-refractivity contribution in [2.45, 2.75) is 33.0 Å². The van der Waals surface area contributed by atoms with Crippen LogP contribution in [0.25, 0.3) is 16.0 Å². The van der Waals surface area contributed by atoms with Gasteiger partial charge in [0.05, 0.1) is 18.3 Å². The first-order chi connectivity index (χ1) is 13.8. The lowest BCUT2D eigenvalue weighted by atomic mass is 9.98. The molecule has 6 heteroatoms. The van der Waals surface area contributed by atoms with E-state index in [-0.39, 0.29) is 5.56 Å². The number of hydrogen-bond donors (Lipinski definition) is 0. The lowest BCUT2D eigenvalue weighted by molar-refractivity contribution is 0.00665. The second-order valence-electron chi connectivity index (χ2n) is 7.62. The van der Waals surface area contributed by atoms with Crippen LogP contribution in [0.4, 0.5) is 5.69 Å². The average molecular weight is 389 g/mol. The zero-order valence-electron chi connectivity index (χ0n) is 17.0. The third kappa shape index (κ3) is 4.82. The van der Waals surface area contributed by atoms with Crippen LogP contribution < -0.4 is 4.74 Å². The van der Waals surface area contributed by atoms with E-state index in [1.54, 1.807) is 57.0 Å². The lowest BCUT2D eigenvalue weighted by Gasteiger charge is -2.22. The molecular weight excluding hydrogens is 366 g/mol. The number of hydrogen-bond acceptors (Lipinski definition) is 4. The molecule has 148 valence electrons. The highest BCUT2D eigenvalue weighted by Crippen LogP contribution is 2.40. The molecule has 1 aromatic heterocycles. The van der Waals surface area contributed by atoms with Crippen LogP contribution in [0.1, 0.15) is 36.7 Å². The number of nitrogens with zero attached hydrogens (tertiary/aromatic N) is 3. The van der Waals surface area contributed by atoms with Crippen molar-refractivity contribution in [2.24, 2.45) is 7.05 Å². The highest BCUT2D eigenvalue weighted by molar-refractivity contribution is 6.04. The lowest BCUT2D eigenvalue weighted by Crippen LogP contribution is -2.24. The molecule has 0 radical (unpaired) electrons. The van der Waals surface area contributed by atoms with Crippen LogP contribution >= 0.6 is 0 Å². The van der Waals surface area contributed by atoms with Crippen molar-refractivity contribution in [2.75, 3.05) is 0 Å². The second kappa shape index (κ2) is 8.19. The van der Waals surface area contributed by atoms with Crippen molar-refractivity contribution in [3.05, 3.63) is 77.4 Å². The molecule has 0 amide bonds. The average Bonchev–Trinajstić information content (AvgIpc) is 3.11. The summed E-state index contributed by atoms with van der Waals surface area (Å²) in [7, 11) is 1.78. The Morgan fingerprint density at radius 1 is 1.17 bits per heavy atom. The summed E-state index contributed by atoms with van der Waals surface area (Å²) in [6.45, 7) is 13.3. The van der Waals surface area contributed by atoms with Crippen LogP contribution in [-0.4, -0.2) is 21.4 Å². The third-order valence-corrected chi connectivity index (χ3v) is 4.10. The van der Waals surface area contributed by atoms with Gasteiger partial charge in [-0.1, -0.05) is 36.4 Å². The van der Waals surface area contributed by atoms with E-state index >= 15 is 0 Å². The molecular formula is C23H23N3O3. The minimum Gasteiger partial charge on any atom is -0.488 e. The molecule has 0 saturated carbocycles. The van der Waals surface area contributed by atoms with Gasteiger partial charge in [-0.25, -0.2) is 9.64 Å². The molecule has 6 nitrogen and oxygen atoms in total. The van der Waals surface area contributed by atoms with Gasteiger partial charge in [-0.15, -0.1) is 0 Å². The van der Waals surface area contributed by atoms with Gasteiger partial charge >= 0.3 is 5.97 Å². The second-order valence-corrected chi connectivity index (χ2v) is 7.62. The standard InChI is InChI=1S/C23H23N3O3/c1-23(2,3)29-22(27)21-19(28-15-16-9-7-6-8-10-16)12-11-18(24-4)20(21)17-13-25-26(5)14-17/h6-14H,15H2,1-3,5H3. The largest absolute Gasteiger partial charge is 0.488 e. The summed E-state index contributed by atoms with van der Waals surface area (Å²) in [5.41, 5.74) is 1.98. The Kier molecular flexibility index (Phi) is 5.69. The summed E-state index contributed by atoms with van der Waals surface area (Å²) in [5, 5.41) is 4.19. The Hall–Kier alpha value is -3.59. The molecule has 0 aliphatic rings. The SMILES string of the molecule is [C-]#[N+]c1ccc(OCc2ccccc2)c(C(=O)OC(C)(C)C)c1-c1cnn(C)c1. The number of carbonyl (C=O) groups excluding carboxylic acids is 1. The van der Waals surface area contributed by atoms with E-state index in [1.807, 2.05) is 30.3 Å². The van der Waals surface area contributed by atoms with Crippen LogP contribution in [0, 0.1) is 6.57 Å². The molecule has 29 heavy (non-hydrogen) atoms. The molecule has 0 bridgehead atoms. The molecule has 1 heterocycles. The summed E-state index contributed by atoms with van der Waals surface area (Å²) in [6.07, 6.45) is 3.39. The first kappa shape index (κ1) is 20.2. The van der Waals surface area contributed by atoms with Crippen LogP contribution in [0.5, 0.6) is 5.75 Å². The summed E-state index contributed by atoms with van der Waals surface area (Å²) < 4.78 is 13.3. The van der Waals surface area contributed by atoms with E-state index in [0.29, 0.717) is 29.2 Å². The Labute approximate surface area is 170 Å². The molecule has 0 fully saturated rings. The van der Waals surface area contributed by atoms with Crippen molar-refractivity contribution >= 4 is 11.7 Å². The zero-order chi connectivity index (χ0) is 21.0. The van der Waals surface area contributed by atoms with Crippen molar-refractivity contribution < 1.29 is 14.3 Å². The van der Waals surface area contributed by atoms with E-state index in [1.165, 1.54) is 0 Å². The third-order valence-electron chi connectivity index (χ3n) is 4.10. The summed E-state index contributed by atoms with van der Waals surface area (Å²) >= 11 is 0. The molecule has 0 aliphatic carbocycles. The van der Waals surface area contributed by atoms with Crippen molar-refractivity contribution in [3.63, 3.8) is 0 Å². The van der Waals surface area contributed by atoms with Crippen LogP contribution in [0.15, 0.2) is 54.9 Å². The number of esters is 1.